The zero-order valence-electron chi connectivity index (χ0n) is 9.58. The highest BCUT2D eigenvalue weighted by Gasteiger charge is 2.08. The summed E-state index contributed by atoms with van der Waals surface area (Å²) < 4.78 is 0. The van der Waals surface area contributed by atoms with Crippen molar-refractivity contribution < 1.29 is 4.79 Å². The van der Waals surface area contributed by atoms with E-state index in [1.54, 1.807) is 12.3 Å². The van der Waals surface area contributed by atoms with Crippen LogP contribution in [0, 0.1) is 0 Å². The minimum Gasteiger partial charge on any atom is -0.289 e. The van der Waals surface area contributed by atoms with E-state index >= 15 is 0 Å². The zero-order valence-corrected chi connectivity index (χ0v) is 9.58. The Balaban J connectivity index is 2.07. The smallest absolute Gasteiger partial charge is 0.193 e. The van der Waals surface area contributed by atoms with Gasteiger partial charge in [0.15, 0.2) is 5.78 Å². The largest absolute Gasteiger partial charge is 0.289 e. The summed E-state index contributed by atoms with van der Waals surface area (Å²) in [4.78, 5) is 20.3. The molecule has 3 heteroatoms. The van der Waals surface area contributed by atoms with Gasteiger partial charge in [0, 0.05) is 22.7 Å². The van der Waals surface area contributed by atoms with Crippen molar-refractivity contribution in [2.24, 2.45) is 0 Å². The van der Waals surface area contributed by atoms with Crippen LogP contribution in [-0.2, 0) is 0 Å². The fourth-order valence-corrected chi connectivity index (χ4v) is 1.88. The second-order valence-electron chi connectivity index (χ2n) is 3.99. The first-order valence-electron chi connectivity index (χ1n) is 5.64. The van der Waals surface area contributed by atoms with Gasteiger partial charge in [0.25, 0.3) is 0 Å². The van der Waals surface area contributed by atoms with Crippen molar-refractivity contribution >= 4 is 16.7 Å². The SMILES string of the molecule is O=C(c1ccccc1)c1ccc2ncncc2c1. The Morgan fingerprint density at radius 1 is 0.944 bits per heavy atom. The quantitative estimate of drug-likeness (QED) is 0.640. The van der Waals surface area contributed by atoms with Gasteiger partial charge in [0.1, 0.15) is 6.33 Å². The van der Waals surface area contributed by atoms with Crippen LogP contribution in [0.5, 0.6) is 0 Å². The number of ketones is 1. The molecule has 0 fully saturated rings. The molecular weight excluding hydrogens is 224 g/mol. The molecule has 86 valence electrons. The molecule has 1 heterocycles. The highest BCUT2D eigenvalue weighted by Crippen LogP contribution is 2.15. The second kappa shape index (κ2) is 4.37. The number of hydrogen-bond donors (Lipinski definition) is 0. The summed E-state index contributed by atoms with van der Waals surface area (Å²) in [7, 11) is 0. The van der Waals surface area contributed by atoms with E-state index in [-0.39, 0.29) is 5.78 Å². The van der Waals surface area contributed by atoms with Crippen LogP contribution in [0.1, 0.15) is 15.9 Å². The van der Waals surface area contributed by atoms with Crippen LogP contribution >= 0.6 is 0 Å². The average Bonchev–Trinajstić information content (AvgIpc) is 2.47. The standard InChI is InChI=1S/C15H10N2O/c18-15(11-4-2-1-3-5-11)12-6-7-14-13(8-12)9-16-10-17-14/h1-10H. The summed E-state index contributed by atoms with van der Waals surface area (Å²) in [5.74, 6) is 0.0151. The number of rotatable bonds is 2. The molecule has 0 aliphatic rings. The molecule has 0 N–H and O–H groups in total. The Hall–Kier alpha value is -2.55. The van der Waals surface area contributed by atoms with E-state index in [0.717, 1.165) is 10.9 Å². The van der Waals surface area contributed by atoms with Crippen LogP contribution in [0.2, 0.25) is 0 Å². The van der Waals surface area contributed by atoms with Crippen LogP contribution in [-0.4, -0.2) is 15.8 Å². The molecule has 3 rings (SSSR count). The second-order valence-corrected chi connectivity index (χ2v) is 3.99. The number of hydrogen-bond acceptors (Lipinski definition) is 3. The van der Waals surface area contributed by atoms with Crippen molar-refractivity contribution in [3.63, 3.8) is 0 Å². The maximum absolute atomic E-state index is 12.2. The third kappa shape index (κ3) is 1.86. The van der Waals surface area contributed by atoms with Gasteiger partial charge >= 0.3 is 0 Å². The number of carbonyl (C=O) groups is 1. The summed E-state index contributed by atoms with van der Waals surface area (Å²) in [6, 6.07) is 14.7. The summed E-state index contributed by atoms with van der Waals surface area (Å²) >= 11 is 0. The Morgan fingerprint density at radius 2 is 1.78 bits per heavy atom. The summed E-state index contributed by atoms with van der Waals surface area (Å²) in [5, 5.41) is 0.874. The third-order valence-corrected chi connectivity index (χ3v) is 2.80. The highest BCUT2D eigenvalue weighted by atomic mass is 16.1. The molecule has 0 spiro atoms. The first-order chi connectivity index (χ1) is 8.84. The predicted molar refractivity (Wildman–Crippen MR) is 69.4 cm³/mol. The first-order valence-corrected chi connectivity index (χ1v) is 5.64. The van der Waals surface area contributed by atoms with Gasteiger partial charge in [0.2, 0.25) is 0 Å². The number of benzene rings is 2. The molecule has 0 atom stereocenters. The minimum absolute atomic E-state index is 0.0151. The van der Waals surface area contributed by atoms with Gasteiger partial charge in [-0.3, -0.25) is 4.79 Å². The van der Waals surface area contributed by atoms with Crippen molar-refractivity contribution in [3.05, 3.63) is 72.2 Å². The van der Waals surface area contributed by atoms with Gasteiger partial charge in [-0.15, -0.1) is 0 Å². The molecule has 0 saturated carbocycles. The summed E-state index contributed by atoms with van der Waals surface area (Å²) in [6.45, 7) is 0. The topological polar surface area (TPSA) is 42.9 Å². The van der Waals surface area contributed by atoms with Crippen molar-refractivity contribution in [2.75, 3.05) is 0 Å². The van der Waals surface area contributed by atoms with Gasteiger partial charge in [0.05, 0.1) is 5.52 Å². The summed E-state index contributed by atoms with van der Waals surface area (Å²) in [5.41, 5.74) is 2.19. The first kappa shape index (κ1) is 10.6. The molecular formula is C15H10N2O. The highest BCUT2D eigenvalue weighted by molar-refractivity contribution is 6.10. The van der Waals surface area contributed by atoms with E-state index in [0.29, 0.717) is 11.1 Å². The van der Waals surface area contributed by atoms with E-state index < -0.39 is 0 Å². The van der Waals surface area contributed by atoms with E-state index in [4.69, 9.17) is 0 Å². The lowest BCUT2D eigenvalue weighted by atomic mass is 10.0. The van der Waals surface area contributed by atoms with Crippen molar-refractivity contribution in [1.29, 1.82) is 0 Å². The fraction of sp³-hybridized carbons (Fsp3) is 0. The molecule has 0 saturated heterocycles. The Kier molecular flexibility index (Phi) is 2.57. The van der Waals surface area contributed by atoms with Crippen molar-refractivity contribution in [1.82, 2.24) is 9.97 Å². The van der Waals surface area contributed by atoms with Crippen LogP contribution in [0.15, 0.2) is 61.1 Å². The van der Waals surface area contributed by atoms with Crippen LogP contribution in [0.4, 0.5) is 0 Å². The third-order valence-electron chi connectivity index (χ3n) is 2.80. The lowest BCUT2D eigenvalue weighted by molar-refractivity contribution is 0.103. The Morgan fingerprint density at radius 3 is 2.61 bits per heavy atom. The summed E-state index contributed by atoms with van der Waals surface area (Å²) in [6.07, 6.45) is 3.21. The number of fused-ring (bicyclic) bond motifs is 1. The maximum Gasteiger partial charge on any atom is 0.193 e. The molecule has 0 bridgehead atoms. The molecule has 0 unspecified atom stereocenters. The van der Waals surface area contributed by atoms with Crippen molar-refractivity contribution in [2.45, 2.75) is 0 Å². The molecule has 3 nitrogen and oxygen atoms in total. The van der Waals surface area contributed by atoms with Gasteiger partial charge in [-0.05, 0) is 18.2 Å². The van der Waals surface area contributed by atoms with Gasteiger partial charge < -0.3 is 0 Å². The lowest BCUT2D eigenvalue weighted by Gasteiger charge is -2.02. The molecule has 0 aliphatic carbocycles. The molecule has 3 aromatic rings. The number of aromatic nitrogens is 2. The number of nitrogens with zero attached hydrogens (tertiary/aromatic N) is 2. The molecule has 18 heavy (non-hydrogen) atoms. The maximum atomic E-state index is 12.2. The molecule has 0 aliphatic heterocycles. The van der Waals surface area contributed by atoms with Crippen LogP contribution in [0.25, 0.3) is 10.9 Å². The van der Waals surface area contributed by atoms with E-state index in [1.165, 1.54) is 6.33 Å². The van der Waals surface area contributed by atoms with Gasteiger partial charge in [-0.1, -0.05) is 30.3 Å². The minimum atomic E-state index is 0.0151. The normalized spacial score (nSPS) is 10.4. The number of carbonyl (C=O) groups excluding carboxylic acids is 1. The lowest BCUT2D eigenvalue weighted by Crippen LogP contribution is -2.00. The monoisotopic (exact) mass is 234 g/mol. The molecule has 0 radical (unpaired) electrons. The van der Waals surface area contributed by atoms with E-state index in [1.807, 2.05) is 42.5 Å². The van der Waals surface area contributed by atoms with Gasteiger partial charge in [-0.2, -0.15) is 0 Å². The fourth-order valence-electron chi connectivity index (χ4n) is 1.88. The molecule has 1 aromatic heterocycles. The molecule has 0 amide bonds. The van der Waals surface area contributed by atoms with E-state index in [2.05, 4.69) is 9.97 Å². The van der Waals surface area contributed by atoms with Crippen LogP contribution in [0.3, 0.4) is 0 Å². The Labute approximate surface area is 104 Å². The zero-order chi connectivity index (χ0) is 12.4. The van der Waals surface area contributed by atoms with E-state index in [9.17, 15) is 4.79 Å². The average molecular weight is 234 g/mol. The Bertz CT molecular complexity index is 708. The van der Waals surface area contributed by atoms with Gasteiger partial charge in [-0.25, -0.2) is 9.97 Å². The van der Waals surface area contributed by atoms with Crippen molar-refractivity contribution in [3.8, 4) is 0 Å². The predicted octanol–water partition coefficient (Wildman–Crippen LogP) is 2.86. The van der Waals surface area contributed by atoms with Crippen LogP contribution < -0.4 is 0 Å². The molecule has 2 aromatic carbocycles.